The Morgan fingerprint density at radius 1 is 1.05 bits per heavy atom. The molecule has 0 spiro atoms. The molecule has 0 saturated carbocycles. The van der Waals surface area contributed by atoms with E-state index >= 15 is 0 Å². The van der Waals surface area contributed by atoms with Gasteiger partial charge in [-0.25, -0.2) is 19.1 Å². The number of hydrogen-bond donors (Lipinski definition) is 2. The fraction of sp³-hybridized carbons (Fsp3) is 0.0714. The molecular formula is C14H12F2N2O2. The Labute approximate surface area is 114 Å². The Morgan fingerprint density at radius 3 is 2.50 bits per heavy atom. The number of hydrogen-bond acceptors (Lipinski definition) is 2. The van der Waals surface area contributed by atoms with E-state index in [-0.39, 0.29) is 12.3 Å². The van der Waals surface area contributed by atoms with Gasteiger partial charge in [0, 0.05) is 11.8 Å². The zero-order valence-electron chi connectivity index (χ0n) is 10.4. The van der Waals surface area contributed by atoms with Crippen LogP contribution >= 0.6 is 0 Å². The summed E-state index contributed by atoms with van der Waals surface area (Å²) in [5.74, 6) is -2.01. The molecule has 0 radical (unpaired) electrons. The van der Waals surface area contributed by atoms with Crippen molar-refractivity contribution in [3.63, 3.8) is 0 Å². The first kappa shape index (κ1) is 14.0. The third-order valence-corrected chi connectivity index (χ3v) is 2.42. The highest BCUT2D eigenvalue weighted by atomic mass is 19.2. The summed E-state index contributed by atoms with van der Waals surface area (Å²) in [6.45, 7) is 0.200. The molecule has 0 atom stereocenters. The fourth-order valence-corrected chi connectivity index (χ4v) is 1.49. The number of amides is 2. The third kappa shape index (κ3) is 4.03. The number of rotatable bonds is 4. The molecule has 2 aromatic rings. The van der Waals surface area contributed by atoms with Crippen molar-refractivity contribution >= 4 is 11.7 Å². The molecule has 0 saturated heterocycles. The van der Waals surface area contributed by atoms with E-state index in [0.29, 0.717) is 0 Å². The number of urea groups is 1. The van der Waals surface area contributed by atoms with Gasteiger partial charge in [-0.3, -0.25) is 4.84 Å². The van der Waals surface area contributed by atoms with Gasteiger partial charge in [-0.2, -0.15) is 0 Å². The molecule has 2 amide bonds. The minimum Gasteiger partial charge on any atom is -0.306 e. The predicted octanol–water partition coefficient (Wildman–Crippen LogP) is 3.22. The number of benzene rings is 2. The summed E-state index contributed by atoms with van der Waals surface area (Å²) in [4.78, 5) is 16.4. The number of carbonyl (C=O) groups is 1. The first-order valence-corrected chi connectivity index (χ1v) is 5.83. The molecule has 0 bridgehead atoms. The van der Waals surface area contributed by atoms with E-state index in [1.54, 1.807) is 0 Å². The summed E-state index contributed by atoms with van der Waals surface area (Å²) in [5, 5.41) is 2.31. The molecule has 0 fully saturated rings. The second-order valence-corrected chi connectivity index (χ2v) is 3.96. The molecule has 0 aromatic heterocycles. The standard InChI is InChI=1S/C14H12F2N2O2/c15-12-7-6-11(8-13(12)16)17-14(19)18-20-9-10-4-2-1-3-5-10/h1-8H,9H2,(H2,17,18,19). The molecule has 104 valence electrons. The van der Waals surface area contributed by atoms with E-state index in [4.69, 9.17) is 4.84 Å². The molecule has 2 N–H and O–H groups in total. The molecule has 0 aliphatic heterocycles. The molecule has 6 heteroatoms. The minimum absolute atomic E-state index is 0.129. The highest BCUT2D eigenvalue weighted by Gasteiger charge is 2.05. The van der Waals surface area contributed by atoms with Crippen LogP contribution in [0.25, 0.3) is 0 Å². The SMILES string of the molecule is O=C(NOCc1ccccc1)Nc1ccc(F)c(F)c1. The lowest BCUT2D eigenvalue weighted by molar-refractivity contribution is 0.0536. The van der Waals surface area contributed by atoms with Crippen molar-refractivity contribution in [1.29, 1.82) is 0 Å². The third-order valence-electron chi connectivity index (χ3n) is 2.42. The summed E-state index contributed by atoms with van der Waals surface area (Å²) in [6.07, 6.45) is 0. The number of anilines is 1. The van der Waals surface area contributed by atoms with E-state index < -0.39 is 17.7 Å². The molecule has 0 heterocycles. The molecule has 0 aliphatic carbocycles. The van der Waals surface area contributed by atoms with E-state index in [1.807, 2.05) is 30.3 Å². The van der Waals surface area contributed by atoms with Crippen molar-refractivity contribution in [2.24, 2.45) is 0 Å². The maximum absolute atomic E-state index is 12.9. The van der Waals surface area contributed by atoms with Gasteiger partial charge >= 0.3 is 6.03 Å². The second-order valence-electron chi connectivity index (χ2n) is 3.96. The molecule has 2 rings (SSSR count). The van der Waals surface area contributed by atoms with Crippen LogP contribution in [0, 0.1) is 11.6 Å². The van der Waals surface area contributed by atoms with E-state index in [2.05, 4.69) is 10.8 Å². The van der Waals surface area contributed by atoms with Crippen LogP contribution in [0.2, 0.25) is 0 Å². The summed E-state index contributed by atoms with van der Waals surface area (Å²) < 4.78 is 25.6. The van der Waals surface area contributed by atoms with Crippen LogP contribution in [0.15, 0.2) is 48.5 Å². The van der Waals surface area contributed by atoms with Crippen molar-refractivity contribution in [2.45, 2.75) is 6.61 Å². The molecule has 20 heavy (non-hydrogen) atoms. The maximum Gasteiger partial charge on any atom is 0.343 e. The molecule has 0 aliphatic rings. The van der Waals surface area contributed by atoms with Gasteiger partial charge in [0.15, 0.2) is 11.6 Å². The highest BCUT2D eigenvalue weighted by molar-refractivity contribution is 5.88. The van der Waals surface area contributed by atoms with Crippen molar-refractivity contribution in [3.8, 4) is 0 Å². The average molecular weight is 278 g/mol. The van der Waals surface area contributed by atoms with Crippen LogP contribution < -0.4 is 10.8 Å². The van der Waals surface area contributed by atoms with Gasteiger partial charge in [-0.15, -0.1) is 0 Å². The van der Waals surface area contributed by atoms with Crippen LogP contribution in [0.5, 0.6) is 0 Å². The second kappa shape index (κ2) is 6.63. The monoisotopic (exact) mass is 278 g/mol. The largest absolute Gasteiger partial charge is 0.343 e. The van der Waals surface area contributed by atoms with Crippen molar-refractivity contribution in [2.75, 3.05) is 5.32 Å². The summed E-state index contributed by atoms with van der Waals surface area (Å²) >= 11 is 0. The molecule has 0 unspecified atom stereocenters. The summed E-state index contributed by atoms with van der Waals surface area (Å²) in [6, 6.07) is 11.6. The van der Waals surface area contributed by atoms with Crippen molar-refractivity contribution in [3.05, 3.63) is 65.7 Å². The van der Waals surface area contributed by atoms with Gasteiger partial charge in [-0.05, 0) is 17.7 Å². The molecular weight excluding hydrogens is 266 g/mol. The Kier molecular flexibility index (Phi) is 4.62. The fourth-order valence-electron chi connectivity index (χ4n) is 1.49. The Bertz CT molecular complexity index is 591. The van der Waals surface area contributed by atoms with Gasteiger partial charge in [0.2, 0.25) is 0 Å². The highest BCUT2D eigenvalue weighted by Crippen LogP contribution is 2.12. The lowest BCUT2D eigenvalue weighted by Gasteiger charge is -2.08. The Balaban J connectivity index is 1.79. The average Bonchev–Trinajstić information content (AvgIpc) is 2.44. The normalized spacial score (nSPS) is 10.1. The minimum atomic E-state index is -1.03. The van der Waals surface area contributed by atoms with Crippen molar-refractivity contribution < 1.29 is 18.4 Å². The van der Waals surface area contributed by atoms with E-state index in [1.165, 1.54) is 6.07 Å². The zero-order valence-corrected chi connectivity index (χ0v) is 10.4. The van der Waals surface area contributed by atoms with Gasteiger partial charge in [0.25, 0.3) is 0 Å². The Hall–Kier alpha value is -2.47. The van der Waals surface area contributed by atoms with E-state index in [0.717, 1.165) is 17.7 Å². The number of hydroxylamine groups is 1. The maximum atomic E-state index is 12.9. The lowest BCUT2D eigenvalue weighted by atomic mass is 10.2. The number of carbonyl (C=O) groups excluding carboxylic acids is 1. The number of halogens is 2. The summed E-state index contributed by atoms with van der Waals surface area (Å²) in [7, 11) is 0. The first-order chi connectivity index (χ1) is 9.65. The van der Waals surface area contributed by atoms with Crippen LogP contribution in [0.4, 0.5) is 19.3 Å². The molecule has 4 nitrogen and oxygen atoms in total. The zero-order chi connectivity index (χ0) is 14.4. The topological polar surface area (TPSA) is 50.4 Å². The van der Waals surface area contributed by atoms with Gasteiger partial charge in [0.05, 0.1) is 6.61 Å². The van der Waals surface area contributed by atoms with Crippen LogP contribution in [-0.4, -0.2) is 6.03 Å². The van der Waals surface area contributed by atoms with E-state index in [9.17, 15) is 13.6 Å². The Morgan fingerprint density at radius 2 is 1.80 bits per heavy atom. The van der Waals surface area contributed by atoms with Crippen molar-refractivity contribution in [1.82, 2.24) is 5.48 Å². The predicted molar refractivity (Wildman–Crippen MR) is 69.7 cm³/mol. The van der Waals surface area contributed by atoms with Crippen LogP contribution in [0.3, 0.4) is 0 Å². The molecule has 2 aromatic carbocycles. The van der Waals surface area contributed by atoms with Gasteiger partial charge in [0.1, 0.15) is 0 Å². The van der Waals surface area contributed by atoms with Crippen LogP contribution in [0.1, 0.15) is 5.56 Å². The first-order valence-electron chi connectivity index (χ1n) is 5.83. The van der Waals surface area contributed by atoms with Gasteiger partial charge < -0.3 is 5.32 Å². The lowest BCUT2D eigenvalue weighted by Crippen LogP contribution is -2.28. The number of nitrogens with one attached hydrogen (secondary N) is 2. The smallest absolute Gasteiger partial charge is 0.306 e. The quantitative estimate of drug-likeness (QED) is 0.844. The van der Waals surface area contributed by atoms with Crippen LogP contribution in [-0.2, 0) is 11.4 Å². The summed E-state index contributed by atoms with van der Waals surface area (Å²) in [5.41, 5.74) is 3.17. The van der Waals surface area contributed by atoms with Gasteiger partial charge in [-0.1, -0.05) is 30.3 Å².